The van der Waals surface area contributed by atoms with E-state index in [1.165, 1.54) is 0 Å². The number of rotatable bonds is 8. The number of halogens is 1. The van der Waals surface area contributed by atoms with Crippen molar-refractivity contribution in [1.29, 1.82) is 0 Å². The quantitative estimate of drug-likeness (QED) is 0.702. The molecule has 0 atom stereocenters. The van der Waals surface area contributed by atoms with Crippen LogP contribution in [0, 0.1) is 5.41 Å². The Morgan fingerprint density at radius 1 is 1.29 bits per heavy atom. The Labute approximate surface area is 131 Å². The highest BCUT2D eigenvalue weighted by molar-refractivity contribution is 9.10. The number of carboxylic acids is 1. The topological polar surface area (TPSA) is 75.6 Å². The first-order valence-corrected chi connectivity index (χ1v) is 7.70. The van der Waals surface area contributed by atoms with Gasteiger partial charge in [-0.05, 0) is 43.5 Å². The maximum Gasteiger partial charge on any atom is 0.311 e. The summed E-state index contributed by atoms with van der Waals surface area (Å²) in [6.07, 6.45) is 2.23. The third kappa shape index (κ3) is 4.74. The van der Waals surface area contributed by atoms with E-state index in [4.69, 9.17) is 9.84 Å². The second-order valence-electron chi connectivity index (χ2n) is 5.27. The van der Waals surface area contributed by atoms with Crippen LogP contribution in [0.5, 0.6) is 5.75 Å². The highest BCUT2D eigenvalue weighted by Gasteiger charge is 2.50. The average Bonchev–Trinajstić information content (AvgIpc) is 3.24. The Morgan fingerprint density at radius 3 is 2.52 bits per heavy atom. The zero-order valence-electron chi connectivity index (χ0n) is 11.6. The Bertz CT molecular complexity index is 511. The summed E-state index contributed by atoms with van der Waals surface area (Å²) in [4.78, 5) is 22.6. The highest BCUT2D eigenvalue weighted by Crippen LogP contribution is 2.45. The number of nitrogens with one attached hydrogen (secondary N) is 1. The van der Waals surface area contributed by atoms with Crippen LogP contribution in [0.2, 0.25) is 0 Å². The molecule has 114 valence electrons. The largest absolute Gasteiger partial charge is 0.494 e. The molecule has 21 heavy (non-hydrogen) atoms. The Balaban J connectivity index is 1.59. The summed E-state index contributed by atoms with van der Waals surface area (Å²) in [5, 5.41) is 11.7. The van der Waals surface area contributed by atoms with Crippen molar-refractivity contribution in [2.24, 2.45) is 5.41 Å². The van der Waals surface area contributed by atoms with Crippen LogP contribution < -0.4 is 10.1 Å². The molecular weight excluding hydrogens is 338 g/mol. The van der Waals surface area contributed by atoms with Gasteiger partial charge < -0.3 is 15.2 Å². The second-order valence-corrected chi connectivity index (χ2v) is 6.18. The molecule has 0 aliphatic heterocycles. The van der Waals surface area contributed by atoms with Gasteiger partial charge in [-0.3, -0.25) is 9.59 Å². The van der Waals surface area contributed by atoms with E-state index >= 15 is 0 Å². The predicted octanol–water partition coefficient (Wildman–Crippen LogP) is 2.59. The van der Waals surface area contributed by atoms with Crippen molar-refractivity contribution in [3.05, 3.63) is 28.7 Å². The molecule has 1 saturated carbocycles. The molecule has 1 amide bonds. The molecule has 0 bridgehead atoms. The minimum absolute atomic E-state index is 0.123. The Kier molecular flexibility index (Phi) is 5.22. The summed E-state index contributed by atoms with van der Waals surface area (Å²) in [5.41, 5.74) is -0.705. The van der Waals surface area contributed by atoms with E-state index in [1.807, 2.05) is 24.3 Å². The molecule has 2 N–H and O–H groups in total. The van der Waals surface area contributed by atoms with Crippen LogP contribution in [0.4, 0.5) is 0 Å². The van der Waals surface area contributed by atoms with E-state index in [1.54, 1.807) is 0 Å². The molecule has 0 spiro atoms. The minimum atomic E-state index is -0.818. The lowest BCUT2D eigenvalue weighted by Gasteiger charge is -2.11. The minimum Gasteiger partial charge on any atom is -0.494 e. The van der Waals surface area contributed by atoms with Gasteiger partial charge in [0.15, 0.2) is 0 Å². The molecule has 6 heteroatoms. The maximum absolute atomic E-state index is 11.6. The van der Waals surface area contributed by atoms with Gasteiger partial charge in [-0.15, -0.1) is 0 Å². The number of hydrogen-bond donors (Lipinski definition) is 2. The lowest BCUT2D eigenvalue weighted by atomic mass is 10.1. The van der Waals surface area contributed by atoms with E-state index in [-0.39, 0.29) is 12.5 Å². The number of carbonyl (C=O) groups is 2. The Morgan fingerprint density at radius 2 is 1.95 bits per heavy atom. The van der Waals surface area contributed by atoms with Crippen LogP contribution in [0.3, 0.4) is 0 Å². The van der Waals surface area contributed by atoms with Gasteiger partial charge >= 0.3 is 5.97 Å². The number of carbonyl (C=O) groups excluding carboxylic acids is 1. The molecule has 0 unspecified atom stereocenters. The maximum atomic E-state index is 11.6. The van der Waals surface area contributed by atoms with Crippen molar-refractivity contribution >= 4 is 27.8 Å². The van der Waals surface area contributed by atoms with Crippen molar-refractivity contribution in [3.63, 3.8) is 0 Å². The molecule has 1 aliphatic rings. The smallest absolute Gasteiger partial charge is 0.311 e. The van der Waals surface area contributed by atoms with Crippen LogP contribution in [0.25, 0.3) is 0 Å². The van der Waals surface area contributed by atoms with Crippen LogP contribution in [-0.4, -0.2) is 30.1 Å². The summed E-state index contributed by atoms with van der Waals surface area (Å²) in [6, 6.07) is 7.49. The van der Waals surface area contributed by atoms with Gasteiger partial charge in [-0.25, -0.2) is 0 Å². The second kappa shape index (κ2) is 6.93. The molecule has 0 heterocycles. The number of aliphatic carboxylic acids is 1. The predicted molar refractivity (Wildman–Crippen MR) is 81.2 cm³/mol. The zero-order chi connectivity index (χ0) is 15.3. The first kappa shape index (κ1) is 15.8. The average molecular weight is 356 g/mol. The molecule has 2 rings (SSSR count). The molecule has 5 nitrogen and oxygen atoms in total. The van der Waals surface area contributed by atoms with Crippen molar-refractivity contribution in [3.8, 4) is 5.75 Å². The van der Waals surface area contributed by atoms with Gasteiger partial charge in [0.05, 0.1) is 12.0 Å². The number of benzene rings is 1. The van der Waals surface area contributed by atoms with Gasteiger partial charge in [-0.1, -0.05) is 15.9 Å². The first-order chi connectivity index (χ1) is 10.0. The van der Waals surface area contributed by atoms with E-state index in [9.17, 15) is 9.59 Å². The molecule has 1 fully saturated rings. The van der Waals surface area contributed by atoms with Crippen LogP contribution in [0.15, 0.2) is 28.7 Å². The van der Waals surface area contributed by atoms with Gasteiger partial charge in [0, 0.05) is 17.4 Å². The van der Waals surface area contributed by atoms with Crippen molar-refractivity contribution < 1.29 is 19.4 Å². The van der Waals surface area contributed by atoms with Crippen molar-refractivity contribution in [2.75, 3.05) is 13.2 Å². The number of hydrogen-bond acceptors (Lipinski definition) is 3. The normalized spacial score (nSPS) is 15.3. The lowest BCUT2D eigenvalue weighted by Crippen LogP contribution is -2.34. The molecule has 0 saturated heterocycles. The summed E-state index contributed by atoms with van der Waals surface area (Å²) in [7, 11) is 0. The van der Waals surface area contributed by atoms with Gasteiger partial charge in [0.2, 0.25) is 5.91 Å². The van der Waals surface area contributed by atoms with Crippen molar-refractivity contribution in [2.45, 2.75) is 25.7 Å². The molecular formula is C15H18BrNO4. The van der Waals surface area contributed by atoms with Crippen LogP contribution in [-0.2, 0) is 9.59 Å². The lowest BCUT2D eigenvalue weighted by molar-refractivity contribution is -0.143. The van der Waals surface area contributed by atoms with E-state index in [0.29, 0.717) is 32.3 Å². The Hall–Kier alpha value is -1.56. The van der Waals surface area contributed by atoms with Gasteiger partial charge in [-0.2, -0.15) is 0 Å². The SMILES string of the molecule is O=C(CCCOc1ccc(Br)cc1)NCC1(C(=O)O)CC1. The standard InChI is InChI=1S/C15H18BrNO4/c16-11-3-5-12(6-4-11)21-9-1-2-13(18)17-10-15(7-8-15)14(19)20/h3-6H,1-2,7-10H2,(H,17,18)(H,19,20). The van der Waals surface area contributed by atoms with Gasteiger partial charge in [0.1, 0.15) is 5.75 Å². The number of ether oxygens (including phenoxy) is 1. The highest BCUT2D eigenvalue weighted by atomic mass is 79.9. The summed E-state index contributed by atoms with van der Waals surface area (Å²) >= 11 is 3.34. The zero-order valence-corrected chi connectivity index (χ0v) is 13.2. The summed E-state index contributed by atoms with van der Waals surface area (Å²) < 4.78 is 6.50. The van der Waals surface area contributed by atoms with Crippen LogP contribution in [0.1, 0.15) is 25.7 Å². The summed E-state index contributed by atoms with van der Waals surface area (Å²) in [5.74, 6) is -0.176. The van der Waals surface area contributed by atoms with Crippen molar-refractivity contribution in [1.82, 2.24) is 5.32 Å². The van der Waals surface area contributed by atoms with E-state index in [2.05, 4.69) is 21.2 Å². The fourth-order valence-electron chi connectivity index (χ4n) is 1.93. The summed E-state index contributed by atoms with van der Waals surface area (Å²) in [6.45, 7) is 0.688. The third-order valence-electron chi connectivity index (χ3n) is 3.56. The fourth-order valence-corrected chi connectivity index (χ4v) is 2.19. The molecule has 0 radical (unpaired) electrons. The molecule has 1 aliphatic carbocycles. The van der Waals surface area contributed by atoms with E-state index < -0.39 is 11.4 Å². The van der Waals surface area contributed by atoms with Crippen LogP contribution >= 0.6 is 15.9 Å². The molecule has 1 aromatic rings. The monoisotopic (exact) mass is 355 g/mol. The van der Waals surface area contributed by atoms with Gasteiger partial charge in [0.25, 0.3) is 0 Å². The third-order valence-corrected chi connectivity index (χ3v) is 4.09. The fraction of sp³-hybridized carbons (Fsp3) is 0.467. The molecule has 0 aromatic heterocycles. The molecule has 1 aromatic carbocycles. The first-order valence-electron chi connectivity index (χ1n) is 6.90. The number of amides is 1. The van der Waals surface area contributed by atoms with E-state index in [0.717, 1.165) is 10.2 Å². The number of carboxylic acid groups (broad SMARTS) is 1.